The fraction of sp³-hybridized carbons (Fsp3) is 0.625. The van der Waals surface area contributed by atoms with Gasteiger partial charge in [0.15, 0.2) is 14.9 Å². The standard InChI is InChI=1S/C16H24N2O4S/c1-16(2,3)22-15(19)18-10-6-7-13(11-18)12-23(20,21)14-8-4-5-9-17-14/h4-5,8-9,13H,6-7,10-12H2,1-3H3/t13-/m0/s1. The van der Waals surface area contributed by atoms with E-state index in [4.69, 9.17) is 4.74 Å². The van der Waals surface area contributed by atoms with Crippen LogP contribution in [0.3, 0.4) is 0 Å². The van der Waals surface area contributed by atoms with Crippen LogP contribution in [0.5, 0.6) is 0 Å². The number of carbonyl (C=O) groups is 1. The van der Waals surface area contributed by atoms with E-state index in [1.807, 2.05) is 20.8 Å². The summed E-state index contributed by atoms with van der Waals surface area (Å²) in [5.41, 5.74) is -0.552. The van der Waals surface area contributed by atoms with Gasteiger partial charge in [-0.05, 0) is 51.7 Å². The van der Waals surface area contributed by atoms with Gasteiger partial charge in [-0.1, -0.05) is 6.07 Å². The predicted octanol–water partition coefficient (Wildman–Crippen LogP) is 2.50. The van der Waals surface area contributed by atoms with Crippen LogP contribution in [0.1, 0.15) is 33.6 Å². The average Bonchev–Trinajstić information content (AvgIpc) is 2.46. The van der Waals surface area contributed by atoms with Gasteiger partial charge >= 0.3 is 6.09 Å². The number of likely N-dealkylation sites (tertiary alicyclic amines) is 1. The lowest BCUT2D eigenvalue weighted by Crippen LogP contribution is -2.44. The van der Waals surface area contributed by atoms with Gasteiger partial charge in [-0.2, -0.15) is 0 Å². The Morgan fingerprint density at radius 1 is 1.39 bits per heavy atom. The SMILES string of the molecule is CC(C)(C)OC(=O)N1CCC[C@H](CS(=O)(=O)c2ccccn2)C1. The molecule has 6 nitrogen and oxygen atoms in total. The maximum atomic E-state index is 12.4. The first kappa shape index (κ1) is 17.7. The van der Waals surface area contributed by atoms with Crippen LogP contribution in [0, 0.1) is 5.92 Å². The van der Waals surface area contributed by atoms with Crippen LogP contribution in [-0.2, 0) is 14.6 Å². The molecule has 23 heavy (non-hydrogen) atoms. The number of aromatic nitrogens is 1. The summed E-state index contributed by atoms with van der Waals surface area (Å²) in [6, 6.07) is 4.85. The van der Waals surface area contributed by atoms with Gasteiger partial charge in [0.2, 0.25) is 0 Å². The zero-order valence-electron chi connectivity index (χ0n) is 13.9. The minimum Gasteiger partial charge on any atom is -0.444 e. The molecule has 1 aliphatic heterocycles. The van der Waals surface area contributed by atoms with Gasteiger partial charge in [0, 0.05) is 19.3 Å². The quantitative estimate of drug-likeness (QED) is 0.845. The Hall–Kier alpha value is -1.63. The molecule has 1 saturated heterocycles. The van der Waals surface area contributed by atoms with E-state index in [1.165, 1.54) is 12.3 Å². The Morgan fingerprint density at radius 3 is 2.74 bits per heavy atom. The lowest BCUT2D eigenvalue weighted by atomic mass is 10.0. The number of hydrogen-bond acceptors (Lipinski definition) is 5. The zero-order chi connectivity index (χ0) is 17.1. The van der Waals surface area contributed by atoms with Crippen LogP contribution in [0.25, 0.3) is 0 Å². The van der Waals surface area contributed by atoms with Crippen molar-refractivity contribution in [1.29, 1.82) is 0 Å². The van der Waals surface area contributed by atoms with Gasteiger partial charge < -0.3 is 9.64 Å². The fourth-order valence-electron chi connectivity index (χ4n) is 2.62. The van der Waals surface area contributed by atoms with Crippen LogP contribution in [-0.4, -0.2) is 48.8 Å². The number of pyridine rings is 1. The lowest BCUT2D eigenvalue weighted by molar-refractivity contribution is 0.0176. The highest BCUT2D eigenvalue weighted by atomic mass is 32.2. The molecule has 1 aliphatic rings. The number of sulfone groups is 1. The number of nitrogens with zero attached hydrogens (tertiary/aromatic N) is 2. The van der Waals surface area contributed by atoms with Crippen LogP contribution in [0.15, 0.2) is 29.4 Å². The Labute approximate surface area is 137 Å². The first-order valence-corrected chi connectivity index (χ1v) is 9.44. The molecule has 1 aromatic rings. The Morgan fingerprint density at radius 2 is 2.13 bits per heavy atom. The summed E-state index contributed by atoms with van der Waals surface area (Å²) in [5, 5.41) is 0.0920. The number of amides is 1. The monoisotopic (exact) mass is 340 g/mol. The van der Waals surface area contributed by atoms with Gasteiger partial charge in [-0.3, -0.25) is 0 Å². The lowest BCUT2D eigenvalue weighted by Gasteiger charge is -2.33. The third-order valence-corrected chi connectivity index (χ3v) is 5.37. The van der Waals surface area contributed by atoms with E-state index in [9.17, 15) is 13.2 Å². The topological polar surface area (TPSA) is 76.6 Å². The first-order valence-electron chi connectivity index (χ1n) is 7.79. The second-order valence-electron chi connectivity index (χ2n) is 6.88. The van der Waals surface area contributed by atoms with Crippen molar-refractivity contribution in [3.05, 3.63) is 24.4 Å². The molecule has 1 fully saturated rings. The molecule has 0 unspecified atom stereocenters. The molecule has 0 saturated carbocycles. The van der Waals surface area contributed by atoms with E-state index < -0.39 is 15.4 Å². The summed E-state index contributed by atoms with van der Waals surface area (Å²) < 4.78 is 30.2. The number of rotatable bonds is 3. The molecule has 0 N–H and O–H groups in total. The van der Waals surface area contributed by atoms with Crippen LogP contribution < -0.4 is 0 Å². The van der Waals surface area contributed by atoms with Crippen molar-refractivity contribution < 1.29 is 17.9 Å². The highest BCUT2D eigenvalue weighted by Crippen LogP contribution is 2.22. The summed E-state index contributed by atoms with van der Waals surface area (Å²) in [4.78, 5) is 17.7. The molecule has 2 heterocycles. The van der Waals surface area contributed by atoms with Gasteiger partial charge in [0.05, 0.1) is 5.75 Å². The van der Waals surface area contributed by atoms with Gasteiger partial charge in [-0.15, -0.1) is 0 Å². The van der Waals surface area contributed by atoms with Crippen molar-refractivity contribution in [2.45, 2.75) is 44.2 Å². The molecule has 7 heteroatoms. The first-order chi connectivity index (χ1) is 10.7. The summed E-state index contributed by atoms with van der Waals surface area (Å²) in [7, 11) is -3.43. The third kappa shape index (κ3) is 5.20. The van der Waals surface area contributed by atoms with E-state index in [0.717, 1.165) is 12.8 Å². The molecule has 128 valence electrons. The highest BCUT2D eigenvalue weighted by molar-refractivity contribution is 7.91. The smallest absolute Gasteiger partial charge is 0.410 e. The van der Waals surface area contributed by atoms with E-state index in [0.29, 0.717) is 13.1 Å². The van der Waals surface area contributed by atoms with Gasteiger partial charge in [0.25, 0.3) is 0 Å². The van der Waals surface area contributed by atoms with Crippen molar-refractivity contribution in [3.8, 4) is 0 Å². The molecule has 0 radical (unpaired) electrons. The molecule has 2 rings (SSSR count). The fourth-order valence-corrected chi connectivity index (χ4v) is 4.19. The number of piperidine rings is 1. The maximum Gasteiger partial charge on any atom is 0.410 e. The summed E-state index contributed by atoms with van der Waals surface area (Å²) in [5.74, 6) is -0.0909. The number of ether oxygens (including phenoxy) is 1. The second-order valence-corrected chi connectivity index (χ2v) is 8.87. The van der Waals surface area contributed by atoms with Crippen LogP contribution >= 0.6 is 0 Å². The average molecular weight is 340 g/mol. The molecule has 0 spiro atoms. The van der Waals surface area contributed by atoms with E-state index in [1.54, 1.807) is 17.0 Å². The van der Waals surface area contributed by atoms with Gasteiger partial charge in [0.1, 0.15) is 5.60 Å². The molecule has 1 atom stereocenters. The molecule has 0 bridgehead atoms. The molecule has 1 aromatic heterocycles. The van der Waals surface area contributed by atoms with Crippen LogP contribution in [0.4, 0.5) is 4.79 Å². The van der Waals surface area contributed by atoms with Crippen molar-refractivity contribution in [2.75, 3.05) is 18.8 Å². The maximum absolute atomic E-state index is 12.4. The van der Waals surface area contributed by atoms with Crippen molar-refractivity contribution in [2.24, 2.45) is 5.92 Å². The largest absolute Gasteiger partial charge is 0.444 e. The summed E-state index contributed by atoms with van der Waals surface area (Å²) >= 11 is 0. The van der Waals surface area contributed by atoms with Crippen LogP contribution in [0.2, 0.25) is 0 Å². The Kier molecular flexibility index (Phi) is 5.29. The molecule has 1 amide bonds. The highest BCUT2D eigenvalue weighted by Gasteiger charge is 2.30. The molecule has 0 aliphatic carbocycles. The molecular weight excluding hydrogens is 316 g/mol. The predicted molar refractivity (Wildman–Crippen MR) is 86.8 cm³/mol. The normalized spacial score (nSPS) is 19.4. The molecule has 0 aromatic carbocycles. The summed E-state index contributed by atoms with van der Waals surface area (Å²) in [6.45, 7) is 6.46. The minimum atomic E-state index is -3.43. The van der Waals surface area contributed by atoms with E-state index >= 15 is 0 Å². The van der Waals surface area contributed by atoms with Crippen molar-refractivity contribution >= 4 is 15.9 Å². The van der Waals surface area contributed by atoms with E-state index in [-0.39, 0.29) is 22.8 Å². The van der Waals surface area contributed by atoms with Crippen molar-refractivity contribution in [3.63, 3.8) is 0 Å². The number of hydrogen-bond donors (Lipinski definition) is 0. The third-order valence-electron chi connectivity index (χ3n) is 3.58. The van der Waals surface area contributed by atoms with E-state index in [2.05, 4.69) is 4.98 Å². The van der Waals surface area contributed by atoms with Crippen molar-refractivity contribution in [1.82, 2.24) is 9.88 Å². The summed E-state index contributed by atoms with van der Waals surface area (Å²) in [6.07, 6.45) is 2.66. The zero-order valence-corrected chi connectivity index (χ0v) is 14.7. The van der Waals surface area contributed by atoms with Gasteiger partial charge in [-0.25, -0.2) is 18.2 Å². The molecular formula is C16H24N2O4S. The second kappa shape index (κ2) is 6.86. The minimum absolute atomic E-state index is 0.00328. The Bertz CT molecular complexity index is 638. The Balaban J connectivity index is 2.00. The number of carbonyl (C=O) groups excluding carboxylic acids is 1.